The summed E-state index contributed by atoms with van der Waals surface area (Å²) in [4.78, 5) is 27.1. The molecule has 2 bridgehead atoms. The zero-order valence-corrected chi connectivity index (χ0v) is 12.7. The first kappa shape index (κ1) is 13.3. The molecule has 0 unspecified atom stereocenters. The van der Waals surface area contributed by atoms with Crippen LogP contribution in [0.4, 0.5) is 5.82 Å². The third-order valence-corrected chi connectivity index (χ3v) is 5.22. The Morgan fingerprint density at radius 3 is 3.00 bits per heavy atom. The van der Waals surface area contributed by atoms with Gasteiger partial charge in [0.05, 0.1) is 24.5 Å². The van der Waals surface area contributed by atoms with Crippen LogP contribution in [0.2, 0.25) is 0 Å². The van der Waals surface area contributed by atoms with Crippen LogP contribution in [0.15, 0.2) is 22.7 Å². The lowest BCUT2D eigenvalue weighted by atomic mass is 9.77. The van der Waals surface area contributed by atoms with Crippen LogP contribution in [-0.2, 0) is 14.3 Å². The first-order valence-electron chi connectivity index (χ1n) is 8.00. The highest BCUT2D eigenvalue weighted by Crippen LogP contribution is 2.52. The molecular formula is C16H17N3O4. The number of carbonyl (C=O) groups excluding carboxylic acids is 2. The summed E-state index contributed by atoms with van der Waals surface area (Å²) in [5.74, 6) is 0.0185. The van der Waals surface area contributed by atoms with Gasteiger partial charge >= 0.3 is 0 Å². The summed E-state index contributed by atoms with van der Waals surface area (Å²) in [5.41, 5.74) is -0.708. The van der Waals surface area contributed by atoms with Crippen molar-refractivity contribution in [3.8, 4) is 0 Å². The Morgan fingerprint density at radius 1 is 1.48 bits per heavy atom. The van der Waals surface area contributed by atoms with Gasteiger partial charge in [-0.2, -0.15) is 0 Å². The summed E-state index contributed by atoms with van der Waals surface area (Å²) < 4.78 is 11.1. The number of amides is 2. The Kier molecular flexibility index (Phi) is 2.44. The number of fused-ring (bicyclic) bond motifs is 1. The highest BCUT2D eigenvalue weighted by molar-refractivity contribution is 6.02. The normalized spacial score (nSPS) is 37.5. The summed E-state index contributed by atoms with van der Waals surface area (Å²) in [6, 6.07) is 2.00. The smallest absolute Gasteiger partial charge is 0.235 e. The van der Waals surface area contributed by atoms with E-state index >= 15 is 0 Å². The van der Waals surface area contributed by atoms with Crippen molar-refractivity contribution >= 4 is 17.6 Å². The number of ether oxygens (including phenoxy) is 1. The van der Waals surface area contributed by atoms with E-state index in [9.17, 15) is 9.59 Å². The van der Waals surface area contributed by atoms with Crippen LogP contribution in [0.1, 0.15) is 18.6 Å². The predicted molar refractivity (Wildman–Crippen MR) is 78.5 cm³/mol. The molecule has 5 rings (SSSR count). The van der Waals surface area contributed by atoms with Gasteiger partial charge in [0.1, 0.15) is 11.4 Å². The van der Waals surface area contributed by atoms with E-state index in [1.165, 1.54) is 0 Å². The fourth-order valence-electron chi connectivity index (χ4n) is 4.00. The molecule has 1 aromatic heterocycles. The van der Waals surface area contributed by atoms with Crippen molar-refractivity contribution in [3.05, 3.63) is 24.0 Å². The number of aromatic nitrogens is 1. The number of nitrogens with zero attached hydrogens (tertiary/aromatic N) is 2. The first-order valence-corrected chi connectivity index (χ1v) is 8.00. The van der Waals surface area contributed by atoms with Crippen molar-refractivity contribution in [3.63, 3.8) is 0 Å². The molecule has 1 N–H and O–H groups in total. The maximum atomic E-state index is 12.9. The molecule has 1 spiro atoms. The molecule has 1 aromatic rings. The molecule has 7 heteroatoms. The Balaban J connectivity index is 1.48. The van der Waals surface area contributed by atoms with Gasteiger partial charge in [0.15, 0.2) is 5.82 Å². The largest absolute Gasteiger partial charge is 0.360 e. The summed E-state index contributed by atoms with van der Waals surface area (Å²) in [6.45, 7) is 2.16. The Hall–Kier alpha value is -2.15. The monoisotopic (exact) mass is 315 g/mol. The number of carbonyl (C=O) groups is 2. The quantitative estimate of drug-likeness (QED) is 0.823. The van der Waals surface area contributed by atoms with E-state index in [1.807, 2.05) is 12.2 Å². The maximum absolute atomic E-state index is 12.9. The minimum absolute atomic E-state index is 0.0692. The van der Waals surface area contributed by atoms with Crippen LogP contribution in [0.25, 0.3) is 0 Å². The van der Waals surface area contributed by atoms with E-state index in [2.05, 4.69) is 10.5 Å². The molecule has 1 saturated carbocycles. The zero-order valence-electron chi connectivity index (χ0n) is 12.7. The molecule has 1 aliphatic carbocycles. The van der Waals surface area contributed by atoms with Gasteiger partial charge in [0.2, 0.25) is 11.8 Å². The lowest BCUT2D eigenvalue weighted by Gasteiger charge is -2.23. The van der Waals surface area contributed by atoms with Crippen LogP contribution in [0, 0.1) is 18.8 Å². The van der Waals surface area contributed by atoms with Crippen LogP contribution >= 0.6 is 0 Å². The number of hydrogen-bond donors (Lipinski definition) is 1. The van der Waals surface area contributed by atoms with Crippen molar-refractivity contribution < 1.29 is 18.8 Å². The lowest BCUT2D eigenvalue weighted by molar-refractivity contribution is -0.132. The van der Waals surface area contributed by atoms with Gasteiger partial charge in [-0.3, -0.25) is 14.5 Å². The van der Waals surface area contributed by atoms with E-state index in [1.54, 1.807) is 17.9 Å². The summed E-state index contributed by atoms with van der Waals surface area (Å²) >= 11 is 0. The molecule has 4 heterocycles. The van der Waals surface area contributed by atoms with Gasteiger partial charge in [0, 0.05) is 12.1 Å². The molecule has 4 atom stereocenters. The number of anilines is 1. The van der Waals surface area contributed by atoms with Crippen molar-refractivity contribution in [2.45, 2.75) is 37.5 Å². The standard InChI is InChI=1S/C16H17N3O4/c1-8-6-11(18-23-8)19-7-16-5-4-10(22-16)12(13(16)15(19)21)14(20)17-9-2-3-9/h4-6,9-10,12-13H,2-3,7H2,1H3,(H,17,20)/t10-,12+,13+,16-/m1/s1. The number of rotatable bonds is 3. The fourth-order valence-corrected chi connectivity index (χ4v) is 4.00. The zero-order chi connectivity index (χ0) is 15.8. The molecule has 2 amide bonds. The Bertz CT molecular complexity index is 737. The predicted octanol–water partition coefficient (Wildman–Crippen LogP) is 0.548. The molecule has 3 aliphatic heterocycles. The third kappa shape index (κ3) is 1.77. The second-order valence-electron chi connectivity index (χ2n) is 6.90. The highest BCUT2D eigenvalue weighted by Gasteiger charge is 2.67. The molecule has 0 aromatic carbocycles. The van der Waals surface area contributed by atoms with Gasteiger partial charge in [-0.05, 0) is 19.8 Å². The second kappa shape index (κ2) is 4.23. The molecule has 120 valence electrons. The van der Waals surface area contributed by atoms with Gasteiger partial charge in [0.25, 0.3) is 0 Å². The van der Waals surface area contributed by atoms with E-state index < -0.39 is 17.4 Å². The van der Waals surface area contributed by atoms with Crippen LogP contribution in [-0.4, -0.2) is 41.3 Å². The summed E-state index contributed by atoms with van der Waals surface area (Å²) in [5, 5.41) is 6.94. The van der Waals surface area contributed by atoms with Gasteiger partial charge in [-0.15, -0.1) is 0 Å². The van der Waals surface area contributed by atoms with Crippen molar-refractivity contribution in [1.29, 1.82) is 0 Å². The molecule has 2 saturated heterocycles. The van der Waals surface area contributed by atoms with Crippen LogP contribution in [0.3, 0.4) is 0 Å². The fraction of sp³-hybridized carbons (Fsp3) is 0.562. The highest BCUT2D eigenvalue weighted by atomic mass is 16.5. The van der Waals surface area contributed by atoms with Gasteiger partial charge in [-0.25, -0.2) is 0 Å². The maximum Gasteiger partial charge on any atom is 0.235 e. The Labute approximate surface area is 132 Å². The minimum atomic E-state index is -0.708. The summed E-state index contributed by atoms with van der Waals surface area (Å²) in [7, 11) is 0. The summed E-state index contributed by atoms with van der Waals surface area (Å²) in [6.07, 6.45) is 5.60. The van der Waals surface area contributed by atoms with Crippen molar-refractivity contribution in [1.82, 2.24) is 10.5 Å². The van der Waals surface area contributed by atoms with Crippen molar-refractivity contribution in [2.75, 3.05) is 11.4 Å². The molecule has 0 radical (unpaired) electrons. The minimum Gasteiger partial charge on any atom is -0.360 e. The Morgan fingerprint density at radius 2 is 2.30 bits per heavy atom. The number of hydrogen-bond acceptors (Lipinski definition) is 5. The topological polar surface area (TPSA) is 84.7 Å². The third-order valence-electron chi connectivity index (χ3n) is 5.22. The van der Waals surface area contributed by atoms with E-state index in [-0.39, 0.29) is 24.0 Å². The molecule has 23 heavy (non-hydrogen) atoms. The number of nitrogens with one attached hydrogen (secondary N) is 1. The lowest BCUT2D eigenvalue weighted by Crippen LogP contribution is -2.44. The van der Waals surface area contributed by atoms with Gasteiger partial charge < -0.3 is 14.6 Å². The molecule has 7 nitrogen and oxygen atoms in total. The van der Waals surface area contributed by atoms with Crippen LogP contribution < -0.4 is 10.2 Å². The van der Waals surface area contributed by atoms with E-state index in [0.29, 0.717) is 18.1 Å². The second-order valence-corrected chi connectivity index (χ2v) is 6.90. The van der Waals surface area contributed by atoms with E-state index in [4.69, 9.17) is 9.26 Å². The van der Waals surface area contributed by atoms with Gasteiger partial charge in [-0.1, -0.05) is 17.3 Å². The van der Waals surface area contributed by atoms with E-state index in [0.717, 1.165) is 12.8 Å². The average Bonchev–Trinajstić information content (AvgIpc) is 2.87. The van der Waals surface area contributed by atoms with Crippen molar-refractivity contribution in [2.24, 2.45) is 11.8 Å². The molecular weight excluding hydrogens is 298 g/mol. The van der Waals surface area contributed by atoms with Crippen LogP contribution in [0.5, 0.6) is 0 Å². The number of aryl methyl sites for hydroxylation is 1. The molecule has 4 aliphatic rings. The first-order chi connectivity index (χ1) is 11.1. The molecule has 3 fully saturated rings. The average molecular weight is 315 g/mol. The SMILES string of the molecule is Cc1cc(N2C[C@@]34C=C[C@@H](O3)[C@H](C(=O)NC3CC3)[C@H]4C2=O)no1.